The molecule has 4 N–H and O–H groups in total. The number of hydrogen-bond acceptors (Lipinski definition) is 5. The summed E-state index contributed by atoms with van der Waals surface area (Å²) in [6, 6.07) is 12.9. The number of nitrogens with one attached hydrogen (secondary N) is 1. The number of benzene rings is 2. The van der Waals surface area contributed by atoms with Crippen LogP contribution in [0, 0.1) is 0 Å². The lowest BCUT2D eigenvalue weighted by molar-refractivity contribution is 0.0174. The van der Waals surface area contributed by atoms with Gasteiger partial charge in [-0.1, -0.05) is 48.0 Å². The van der Waals surface area contributed by atoms with Crippen LogP contribution in [0.25, 0.3) is 0 Å². The second-order valence-electron chi connectivity index (χ2n) is 5.49. The van der Waals surface area contributed by atoms with Crippen LogP contribution in [0.4, 0.5) is 4.79 Å². The molecule has 2 unspecified atom stereocenters. The van der Waals surface area contributed by atoms with E-state index in [4.69, 9.17) is 16.3 Å². The van der Waals surface area contributed by atoms with Crippen molar-refractivity contribution in [1.29, 1.82) is 0 Å². The van der Waals surface area contributed by atoms with E-state index in [-0.39, 0.29) is 29.3 Å². The highest BCUT2D eigenvalue weighted by molar-refractivity contribution is 6.31. The maximum Gasteiger partial charge on any atom is 0.407 e. The number of halogens is 1. The van der Waals surface area contributed by atoms with Crippen molar-refractivity contribution in [3.8, 4) is 0 Å². The van der Waals surface area contributed by atoms with Crippen LogP contribution < -0.4 is 5.32 Å². The van der Waals surface area contributed by atoms with E-state index < -0.39 is 24.3 Å². The van der Waals surface area contributed by atoms with E-state index in [9.17, 15) is 24.9 Å². The predicted octanol–water partition coefficient (Wildman–Crippen LogP) is 2.36. The number of carboxylic acids is 1. The van der Waals surface area contributed by atoms with E-state index in [1.54, 1.807) is 12.1 Å². The average Bonchev–Trinajstić information content (AvgIpc) is 2.64. The average molecular weight is 380 g/mol. The number of alkyl carbamates (subject to hydrolysis) is 1. The second kappa shape index (κ2) is 9.19. The monoisotopic (exact) mass is 379 g/mol. The molecule has 0 aromatic heterocycles. The van der Waals surface area contributed by atoms with Crippen LogP contribution in [0.15, 0.2) is 48.5 Å². The Balaban J connectivity index is 1.90. The molecule has 138 valence electrons. The van der Waals surface area contributed by atoms with Gasteiger partial charge in [0.05, 0.1) is 5.56 Å². The van der Waals surface area contributed by atoms with E-state index in [2.05, 4.69) is 5.32 Å². The van der Waals surface area contributed by atoms with Gasteiger partial charge in [0.15, 0.2) is 0 Å². The molecule has 2 atom stereocenters. The van der Waals surface area contributed by atoms with Gasteiger partial charge in [-0.2, -0.15) is 0 Å². The third-order valence-electron chi connectivity index (χ3n) is 3.60. The number of carboxylic acid groups (broad SMARTS) is 1. The van der Waals surface area contributed by atoms with Crippen molar-refractivity contribution in [3.63, 3.8) is 0 Å². The van der Waals surface area contributed by atoms with Gasteiger partial charge in [0, 0.05) is 11.6 Å². The highest BCUT2D eigenvalue weighted by Crippen LogP contribution is 2.24. The number of carbonyl (C=O) groups is 2. The molecule has 0 spiro atoms. The molecule has 0 saturated carbocycles. The molecule has 0 aliphatic carbocycles. The van der Waals surface area contributed by atoms with E-state index in [0.29, 0.717) is 0 Å². The molecule has 8 heteroatoms. The minimum Gasteiger partial charge on any atom is -0.478 e. The quantitative estimate of drug-likeness (QED) is 0.587. The number of carbonyl (C=O) groups excluding carboxylic acids is 1. The molecule has 1 amide bonds. The standard InChI is InChI=1S/C18H18ClNO6/c19-12-6-7-13(14(8-12)17(23)24)16(22)15(21)9-20-18(25)26-10-11-4-2-1-3-5-11/h1-8,15-16,21-22H,9-10H2,(H,20,25)(H,23,24). The van der Waals surface area contributed by atoms with Gasteiger partial charge < -0.3 is 25.4 Å². The number of aliphatic hydroxyl groups is 2. The Labute approximate surface area is 154 Å². The van der Waals surface area contributed by atoms with Crippen LogP contribution in [0.5, 0.6) is 0 Å². The van der Waals surface area contributed by atoms with Crippen LogP contribution in [0.1, 0.15) is 27.6 Å². The highest BCUT2D eigenvalue weighted by atomic mass is 35.5. The SMILES string of the molecule is O=C(NCC(O)C(O)c1ccc(Cl)cc1C(=O)O)OCc1ccccc1. The van der Waals surface area contributed by atoms with Gasteiger partial charge in [0.25, 0.3) is 0 Å². The molecule has 2 aromatic rings. The predicted molar refractivity (Wildman–Crippen MR) is 94.0 cm³/mol. The van der Waals surface area contributed by atoms with Gasteiger partial charge in [0.2, 0.25) is 0 Å². The van der Waals surface area contributed by atoms with Gasteiger partial charge in [-0.25, -0.2) is 9.59 Å². The number of ether oxygens (including phenoxy) is 1. The topological polar surface area (TPSA) is 116 Å². The lowest BCUT2D eigenvalue weighted by Crippen LogP contribution is -2.36. The Morgan fingerprint density at radius 1 is 1.12 bits per heavy atom. The third-order valence-corrected chi connectivity index (χ3v) is 3.83. The Hall–Kier alpha value is -2.61. The van der Waals surface area contributed by atoms with Crippen molar-refractivity contribution in [1.82, 2.24) is 5.32 Å². The van der Waals surface area contributed by atoms with Crippen molar-refractivity contribution in [2.45, 2.75) is 18.8 Å². The molecule has 2 aromatic carbocycles. The van der Waals surface area contributed by atoms with Gasteiger partial charge in [-0.3, -0.25) is 0 Å². The first-order valence-corrected chi connectivity index (χ1v) is 8.09. The first kappa shape index (κ1) is 19.7. The minimum absolute atomic E-state index is 0.00569. The summed E-state index contributed by atoms with van der Waals surface area (Å²) in [5.74, 6) is -1.29. The maximum atomic E-state index is 11.7. The smallest absolute Gasteiger partial charge is 0.407 e. The summed E-state index contributed by atoms with van der Waals surface area (Å²) in [6.45, 7) is -0.262. The van der Waals surface area contributed by atoms with Gasteiger partial charge in [0.1, 0.15) is 18.8 Å². The van der Waals surface area contributed by atoms with Gasteiger partial charge >= 0.3 is 12.1 Å². The van der Waals surface area contributed by atoms with Gasteiger partial charge in [-0.05, 0) is 23.3 Å². The number of rotatable bonds is 7. The fraction of sp³-hybridized carbons (Fsp3) is 0.222. The molecule has 26 heavy (non-hydrogen) atoms. The number of aliphatic hydroxyl groups excluding tert-OH is 2. The fourth-order valence-electron chi connectivity index (χ4n) is 2.25. The van der Waals surface area contributed by atoms with Crippen LogP contribution >= 0.6 is 11.6 Å². The van der Waals surface area contributed by atoms with Crippen molar-refractivity contribution >= 4 is 23.7 Å². The molecule has 7 nitrogen and oxygen atoms in total. The Kier molecular flexibility index (Phi) is 6.97. The van der Waals surface area contributed by atoms with Crippen LogP contribution in [0.2, 0.25) is 5.02 Å². The number of aromatic carboxylic acids is 1. The van der Waals surface area contributed by atoms with Crippen molar-refractivity contribution in [2.75, 3.05) is 6.54 Å². The van der Waals surface area contributed by atoms with Crippen LogP contribution in [0.3, 0.4) is 0 Å². The zero-order valence-electron chi connectivity index (χ0n) is 13.6. The first-order chi connectivity index (χ1) is 12.4. The summed E-state index contributed by atoms with van der Waals surface area (Å²) in [4.78, 5) is 22.9. The van der Waals surface area contributed by atoms with Crippen molar-refractivity contribution < 1.29 is 29.6 Å². The Morgan fingerprint density at radius 2 is 1.81 bits per heavy atom. The van der Waals surface area contributed by atoms with E-state index in [1.807, 2.05) is 18.2 Å². The van der Waals surface area contributed by atoms with E-state index >= 15 is 0 Å². The Morgan fingerprint density at radius 3 is 2.46 bits per heavy atom. The largest absolute Gasteiger partial charge is 0.478 e. The van der Waals surface area contributed by atoms with Crippen molar-refractivity contribution in [3.05, 3.63) is 70.2 Å². The summed E-state index contributed by atoms with van der Waals surface area (Å²) < 4.78 is 4.99. The molecular formula is C18H18ClNO6. The highest BCUT2D eigenvalue weighted by Gasteiger charge is 2.24. The zero-order chi connectivity index (χ0) is 19.1. The van der Waals surface area contributed by atoms with E-state index in [0.717, 1.165) is 5.56 Å². The molecule has 2 rings (SSSR count). The summed E-state index contributed by atoms with van der Waals surface area (Å²) in [5, 5.41) is 31.9. The van der Waals surface area contributed by atoms with Crippen molar-refractivity contribution in [2.24, 2.45) is 0 Å². The summed E-state index contributed by atoms with van der Waals surface area (Å²) in [5.41, 5.74) is 0.569. The molecule has 0 fully saturated rings. The molecule has 0 saturated heterocycles. The number of amides is 1. The lowest BCUT2D eigenvalue weighted by atomic mass is 9.98. The number of hydrogen-bond donors (Lipinski definition) is 4. The molecule has 0 radical (unpaired) electrons. The Bertz CT molecular complexity index is 768. The molecular weight excluding hydrogens is 362 g/mol. The molecule has 0 heterocycles. The van der Waals surface area contributed by atoms with Crippen LogP contribution in [-0.2, 0) is 11.3 Å². The zero-order valence-corrected chi connectivity index (χ0v) is 14.4. The molecule has 0 aliphatic heterocycles. The maximum absolute atomic E-state index is 11.7. The second-order valence-corrected chi connectivity index (χ2v) is 5.93. The van der Waals surface area contributed by atoms with E-state index in [1.165, 1.54) is 18.2 Å². The summed E-state index contributed by atoms with van der Waals surface area (Å²) >= 11 is 5.75. The summed E-state index contributed by atoms with van der Waals surface area (Å²) in [7, 11) is 0. The summed E-state index contributed by atoms with van der Waals surface area (Å²) in [6.07, 6.45) is -3.72. The fourth-order valence-corrected chi connectivity index (χ4v) is 2.42. The normalized spacial score (nSPS) is 12.9. The molecule has 0 bridgehead atoms. The van der Waals surface area contributed by atoms with Crippen LogP contribution in [-0.4, -0.2) is 40.0 Å². The van der Waals surface area contributed by atoms with Gasteiger partial charge in [-0.15, -0.1) is 0 Å². The lowest BCUT2D eigenvalue weighted by Gasteiger charge is -2.20. The third kappa shape index (κ3) is 5.45. The first-order valence-electron chi connectivity index (χ1n) is 7.72. The minimum atomic E-state index is -1.52. The molecule has 0 aliphatic rings.